The molecule has 0 unspecified atom stereocenters. The minimum atomic E-state index is -1.73. The lowest BCUT2D eigenvalue weighted by molar-refractivity contribution is 0.424. The molecule has 1 rings (SSSR count). The standard InChI is InChI=1S/C7H6BNO3/c9-4-5-1-2-6(10)3-7(5)8(11)12/h1-3,10-12H. The highest BCUT2D eigenvalue weighted by atomic mass is 16.4. The lowest BCUT2D eigenvalue weighted by Crippen LogP contribution is -2.32. The van der Waals surface area contributed by atoms with E-state index < -0.39 is 7.12 Å². The highest BCUT2D eigenvalue weighted by Crippen LogP contribution is 2.07. The first-order chi connectivity index (χ1) is 5.65. The molecule has 0 radical (unpaired) electrons. The van der Waals surface area contributed by atoms with Crippen molar-refractivity contribution in [3.8, 4) is 11.8 Å². The van der Waals surface area contributed by atoms with Gasteiger partial charge >= 0.3 is 7.12 Å². The summed E-state index contributed by atoms with van der Waals surface area (Å²) < 4.78 is 0. The Morgan fingerprint density at radius 2 is 2.00 bits per heavy atom. The minimum absolute atomic E-state index is 0.0116. The Balaban J connectivity index is 3.24. The van der Waals surface area contributed by atoms with Crippen LogP contribution in [-0.2, 0) is 0 Å². The van der Waals surface area contributed by atoms with Gasteiger partial charge in [-0.2, -0.15) is 5.26 Å². The molecule has 3 N–H and O–H groups in total. The van der Waals surface area contributed by atoms with E-state index in [0.29, 0.717) is 0 Å². The quantitative estimate of drug-likeness (QED) is 0.461. The van der Waals surface area contributed by atoms with Crippen molar-refractivity contribution >= 4 is 12.6 Å². The molecular formula is C7H6BNO3. The molecule has 1 aromatic rings. The molecule has 0 aliphatic heterocycles. The highest BCUT2D eigenvalue weighted by molar-refractivity contribution is 6.59. The number of hydrogen-bond acceptors (Lipinski definition) is 4. The first-order valence-corrected chi connectivity index (χ1v) is 3.24. The van der Waals surface area contributed by atoms with Gasteiger partial charge in [-0.25, -0.2) is 0 Å². The molecule has 0 fully saturated rings. The number of hydrogen-bond donors (Lipinski definition) is 3. The zero-order valence-electron chi connectivity index (χ0n) is 6.10. The van der Waals surface area contributed by atoms with E-state index >= 15 is 0 Å². The topological polar surface area (TPSA) is 84.5 Å². The Morgan fingerprint density at radius 1 is 1.33 bits per heavy atom. The number of benzene rings is 1. The van der Waals surface area contributed by atoms with Gasteiger partial charge in [-0.05, 0) is 18.2 Å². The SMILES string of the molecule is N#Cc1ccc(O)cc1B(O)O. The molecule has 0 saturated heterocycles. The van der Waals surface area contributed by atoms with Crippen LogP contribution < -0.4 is 5.46 Å². The van der Waals surface area contributed by atoms with Gasteiger partial charge in [0.2, 0.25) is 0 Å². The highest BCUT2D eigenvalue weighted by Gasteiger charge is 2.16. The maximum atomic E-state index is 8.95. The van der Waals surface area contributed by atoms with Crippen LogP contribution in [0.2, 0.25) is 0 Å². The van der Waals surface area contributed by atoms with E-state index in [1.54, 1.807) is 6.07 Å². The van der Waals surface area contributed by atoms with E-state index in [0.717, 1.165) is 6.07 Å². The maximum Gasteiger partial charge on any atom is 0.489 e. The molecule has 0 bridgehead atoms. The third-order valence-electron chi connectivity index (χ3n) is 1.43. The molecule has 4 nitrogen and oxygen atoms in total. The smallest absolute Gasteiger partial charge is 0.489 e. The fourth-order valence-corrected chi connectivity index (χ4v) is 0.866. The third kappa shape index (κ3) is 1.56. The fourth-order valence-electron chi connectivity index (χ4n) is 0.866. The van der Waals surface area contributed by atoms with Crippen molar-refractivity contribution in [1.29, 1.82) is 5.26 Å². The molecule has 0 aliphatic rings. The largest absolute Gasteiger partial charge is 0.508 e. The van der Waals surface area contributed by atoms with E-state index in [9.17, 15) is 0 Å². The summed E-state index contributed by atoms with van der Waals surface area (Å²) in [6.45, 7) is 0. The van der Waals surface area contributed by atoms with E-state index in [4.69, 9.17) is 20.4 Å². The zero-order valence-corrected chi connectivity index (χ0v) is 6.10. The Kier molecular flexibility index (Phi) is 2.33. The first-order valence-electron chi connectivity index (χ1n) is 3.24. The molecule has 0 amide bonds. The second-order valence-corrected chi connectivity index (χ2v) is 2.26. The van der Waals surface area contributed by atoms with E-state index in [1.165, 1.54) is 12.1 Å². The van der Waals surface area contributed by atoms with Gasteiger partial charge in [0, 0.05) is 5.46 Å². The van der Waals surface area contributed by atoms with Crippen LogP contribution >= 0.6 is 0 Å². The van der Waals surface area contributed by atoms with Gasteiger partial charge in [-0.3, -0.25) is 0 Å². The van der Waals surface area contributed by atoms with Crippen LogP contribution in [0.1, 0.15) is 5.56 Å². The molecule has 0 saturated carbocycles. The second-order valence-electron chi connectivity index (χ2n) is 2.26. The average molecular weight is 163 g/mol. The van der Waals surface area contributed by atoms with Gasteiger partial charge in [0.05, 0.1) is 11.6 Å². The number of rotatable bonds is 1. The van der Waals surface area contributed by atoms with Crippen LogP contribution in [0.5, 0.6) is 5.75 Å². The number of aromatic hydroxyl groups is 1. The van der Waals surface area contributed by atoms with E-state index in [2.05, 4.69) is 0 Å². The molecule has 60 valence electrons. The van der Waals surface area contributed by atoms with Crippen molar-refractivity contribution in [1.82, 2.24) is 0 Å². The second kappa shape index (κ2) is 3.26. The predicted molar refractivity (Wildman–Crippen MR) is 42.6 cm³/mol. The Labute approximate surface area is 69.5 Å². The van der Waals surface area contributed by atoms with E-state index in [1.807, 2.05) is 0 Å². The molecule has 0 aliphatic carbocycles. The first kappa shape index (κ1) is 8.59. The molecule has 0 spiro atoms. The summed E-state index contributed by atoms with van der Waals surface area (Å²) in [7, 11) is -1.73. The fraction of sp³-hybridized carbons (Fsp3) is 0. The van der Waals surface area contributed by atoms with Gasteiger partial charge in [0.1, 0.15) is 5.75 Å². The van der Waals surface area contributed by atoms with Gasteiger partial charge in [0.15, 0.2) is 0 Å². The van der Waals surface area contributed by atoms with Crippen LogP contribution in [0.15, 0.2) is 18.2 Å². The molecule has 1 aromatic carbocycles. The van der Waals surface area contributed by atoms with Crippen molar-refractivity contribution in [3.63, 3.8) is 0 Å². The minimum Gasteiger partial charge on any atom is -0.508 e. The lowest BCUT2D eigenvalue weighted by atomic mass is 9.77. The number of phenolic OH excluding ortho intramolecular Hbond substituents is 1. The maximum absolute atomic E-state index is 8.95. The van der Waals surface area contributed by atoms with E-state index in [-0.39, 0.29) is 16.8 Å². The summed E-state index contributed by atoms with van der Waals surface area (Å²) in [5, 5.41) is 35.0. The van der Waals surface area contributed by atoms with Crippen molar-refractivity contribution in [2.75, 3.05) is 0 Å². The van der Waals surface area contributed by atoms with Gasteiger partial charge in [0.25, 0.3) is 0 Å². The van der Waals surface area contributed by atoms with Crippen LogP contribution in [0.25, 0.3) is 0 Å². The molecule has 12 heavy (non-hydrogen) atoms. The van der Waals surface area contributed by atoms with Crippen LogP contribution in [0.3, 0.4) is 0 Å². The molecule has 0 heterocycles. The Morgan fingerprint density at radius 3 is 2.50 bits per heavy atom. The van der Waals surface area contributed by atoms with Crippen molar-refractivity contribution in [2.24, 2.45) is 0 Å². The van der Waals surface area contributed by atoms with Crippen LogP contribution in [-0.4, -0.2) is 22.3 Å². The summed E-state index contributed by atoms with van der Waals surface area (Å²) in [5.41, 5.74) is 0.153. The van der Waals surface area contributed by atoms with Gasteiger partial charge in [-0.15, -0.1) is 0 Å². The van der Waals surface area contributed by atoms with Crippen LogP contribution in [0.4, 0.5) is 0 Å². The normalized spacial score (nSPS) is 9.08. The van der Waals surface area contributed by atoms with Crippen molar-refractivity contribution < 1.29 is 15.2 Å². The van der Waals surface area contributed by atoms with Gasteiger partial charge < -0.3 is 15.2 Å². The Hall–Kier alpha value is -1.51. The monoisotopic (exact) mass is 163 g/mol. The summed E-state index contributed by atoms with van der Waals surface area (Å²) in [6.07, 6.45) is 0. The number of phenols is 1. The molecule has 0 aromatic heterocycles. The Bertz CT molecular complexity index is 332. The molecule has 0 atom stereocenters. The number of nitrogens with zero attached hydrogens (tertiary/aromatic N) is 1. The third-order valence-corrected chi connectivity index (χ3v) is 1.43. The summed E-state index contributed by atoms with van der Waals surface area (Å²) in [6, 6.07) is 5.55. The van der Waals surface area contributed by atoms with Gasteiger partial charge in [-0.1, -0.05) is 0 Å². The van der Waals surface area contributed by atoms with Crippen LogP contribution in [0, 0.1) is 11.3 Å². The summed E-state index contributed by atoms with van der Waals surface area (Å²) in [5.74, 6) is -0.0999. The summed E-state index contributed by atoms with van der Waals surface area (Å²) in [4.78, 5) is 0. The van der Waals surface area contributed by atoms with Crippen molar-refractivity contribution in [3.05, 3.63) is 23.8 Å². The average Bonchev–Trinajstić information content (AvgIpc) is 2.04. The predicted octanol–water partition coefficient (Wildman–Crippen LogP) is -1.06. The lowest BCUT2D eigenvalue weighted by Gasteiger charge is -2.01. The molecular weight excluding hydrogens is 157 g/mol. The molecule has 5 heteroatoms. The zero-order chi connectivity index (χ0) is 9.14. The number of nitriles is 1. The summed E-state index contributed by atoms with van der Waals surface area (Å²) >= 11 is 0. The van der Waals surface area contributed by atoms with Crippen molar-refractivity contribution in [2.45, 2.75) is 0 Å².